The van der Waals surface area contributed by atoms with Crippen LogP contribution in [0, 0.1) is 0 Å². The zero-order valence-electron chi connectivity index (χ0n) is 16.4. The van der Waals surface area contributed by atoms with Gasteiger partial charge >= 0.3 is 0 Å². The lowest BCUT2D eigenvalue weighted by Crippen LogP contribution is -2.26. The minimum atomic E-state index is -0.215. The lowest BCUT2D eigenvalue weighted by atomic mass is 10.1. The maximum absolute atomic E-state index is 12.8. The quantitative estimate of drug-likeness (QED) is 0.640. The first-order valence-electron chi connectivity index (χ1n) is 9.18. The Hall–Kier alpha value is -3.80. The van der Waals surface area contributed by atoms with Crippen LogP contribution in [0.1, 0.15) is 10.4 Å². The molecule has 3 rings (SSSR count). The Bertz CT molecular complexity index is 989. The van der Waals surface area contributed by atoms with Crippen LogP contribution in [0.5, 0.6) is 5.75 Å². The van der Waals surface area contributed by atoms with Crippen LogP contribution in [-0.4, -0.2) is 32.5 Å². The molecule has 3 aromatic carbocycles. The number of methoxy groups -OCH3 is 1. The molecule has 6 nitrogen and oxygen atoms in total. The number of carbonyl (C=O) groups is 2. The highest BCUT2D eigenvalue weighted by Crippen LogP contribution is 2.23. The molecule has 29 heavy (non-hydrogen) atoms. The third-order valence-electron chi connectivity index (χ3n) is 4.39. The minimum absolute atomic E-state index is 0.0597. The van der Waals surface area contributed by atoms with Gasteiger partial charge in [0.25, 0.3) is 5.91 Å². The van der Waals surface area contributed by atoms with Crippen molar-refractivity contribution >= 4 is 28.9 Å². The summed E-state index contributed by atoms with van der Waals surface area (Å²) in [5.41, 5.74) is 2.64. The van der Waals surface area contributed by atoms with Crippen molar-refractivity contribution in [1.82, 2.24) is 0 Å². The number of rotatable bonds is 7. The Balaban J connectivity index is 1.62. The molecule has 2 N–H and O–H groups in total. The second-order valence-electron chi connectivity index (χ2n) is 6.38. The van der Waals surface area contributed by atoms with Crippen LogP contribution >= 0.6 is 0 Å². The van der Waals surface area contributed by atoms with E-state index in [4.69, 9.17) is 4.74 Å². The first kappa shape index (κ1) is 19.9. The average molecular weight is 389 g/mol. The number of nitrogens with one attached hydrogen (secondary N) is 2. The molecule has 3 aromatic rings. The molecule has 0 aliphatic carbocycles. The number of carbonyl (C=O) groups excluding carboxylic acids is 2. The lowest BCUT2D eigenvalue weighted by molar-refractivity contribution is -0.114. The van der Waals surface area contributed by atoms with E-state index < -0.39 is 0 Å². The van der Waals surface area contributed by atoms with E-state index in [1.165, 1.54) is 0 Å². The number of para-hydroxylation sites is 3. The molecule has 148 valence electrons. The van der Waals surface area contributed by atoms with Crippen molar-refractivity contribution in [3.05, 3.63) is 84.4 Å². The molecule has 0 aromatic heterocycles. The summed E-state index contributed by atoms with van der Waals surface area (Å²) in [5, 5.41) is 5.86. The van der Waals surface area contributed by atoms with E-state index in [2.05, 4.69) is 10.6 Å². The first-order chi connectivity index (χ1) is 14.1. The maximum Gasteiger partial charge on any atom is 0.258 e. The van der Waals surface area contributed by atoms with Gasteiger partial charge in [-0.05, 0) is 42.5 Å². The highest BCUT2D eigenvalue weighted by molar-refractivity contribution is 6.06. The van der Waals surface area contributed by atoms with Crippen molar-refractivity contribution in [3.8, 4) is 5.75 Å². The number of hydrogen-bond donors (Lipinski definition) is 2. The molecular weight excluding hydrogens is 366 g/mol. The molecule has 0 aliphatic heterocycles. The summed E-state index contributed by atoms with van der Waals surface area (Å²) in [7, 11) is 3.29. The second kappa shape index (κ2) is 9.41. The second-order valence-corrected chi connectivity index (χ2v) is 6.38. The molecule has 0 aliphatic rings. The van der Waals surface area contributed by atoms with Gasteiger partial charge in [-0.15, -0.1) is 0 Å². The number of anilines is 3. The Morgan fingerprint density at radius 2 is 1.66 bits per heavy atom. The van der Waals surface area contributed by atoms with E-state index in [1.54, 1.807) is 49.4 Å². The van der Waals surface area contributed by atoms with E-state index in [0.717, 1.165) is 5.69 Å². The van der Waals surface area contributed by atoms with Gasteiger partial charge in [-0.1, -0.05) is 36.4 Å². The molecule has 6 heteroatoms. The van der Waals surface area contributed by atoms with Gasteiger partial charge < -0.3 is 20.3 Å². The summed E-state index contributed by atoms with van der Waals surface area (Å²) >= 11 is 0. The molecule has 0 heterocycles. The van der Waals surface area contributed by atoms with E-state index in [-0.39, 0.29) is 18.4 Å². The summed E-state index contributed by atoms with van der Waals surface area (Å²) in [4.78, 5) is 26.6. The van der Waals surface area contributed by atoms with E-state index in [9.17, 15) is 9.59 Å². The number of ether oxygens (including phenoxy) is 1. The molecule has 0 saturated carbocycles. The monoisotopic (exact) mass is 389 g/mol. The fourth-order valence-electron chi connectivity index (χ4n) is 2.85. The van der Waals surface area contributed by atoms with Gasteiger partial charge in [0.1, 0.15) is 5.75 Å². The average Bonchev–Trinajstić information content (AvgIpc) is 2.78. The number of hydrogen-bond acceptors (Lipinski definition) is 4. The van der Waals surface area contributed by atoms with Gasteiger partial charge in [0, 0.05) is 24.0 Å². The molecule has 0 saturated heterocycles. The van der Waals surface area contributed by atoms with Gasteiger partial charge in [0.05, 0.1) is 19.3 Å². The molecule has 0 bridgehead atoms. The fraction of sp³-hybridized carbons (Fsp3) is 0.130. The Labute approximate surface area is 170 Å². The van der Waals surface area contributed by atoms with E-state index >= 15 is 0 Å². The molecule has 0 radical (unpaired) electrons. The molecule has 0 spiro atoms. The molecule has 0 fully saturated rings. The summed E-state index contributed by atoms with van der Waals surface area (Å²) in [5.74, 6) is 0.253. The molecule has 2 amide bonds. The topological polar surface area (TPSA) is 70.7 Å². The lowest BCUT2D eigenvalue weighted by Gasteiger charge is -2.18. The fourth-order valence-corrected chi connectivity index (χ4v) is 2.85. The van der Waals surface area contributed by atoms with Gasteiger partial charge in [-0.25, -0.2) is 0 Å². The molecule has 0 unspecified atom stereocenters. The largest absolute Gasteiger partial charge is 0.495 e. The number of amides is 2. The number of benzene rings is 3. The van der Waals surface area contributed by atoms with Crippen molar-refractivity contribution < 1.29 is 14.3 Å². The van der Waals surface area contributed by atoms with Crippen LogP contribution < -0.4 is 20.3 Å². The first-order valence-corrected chi connectivity index (χ1v) is 9.18. The van der Waals surface area contributed by atoms with Crippen LogP contribution in [0.15, 0.2) is 78.9 Å². The smallest absolute Gasteiger partial charge is 0.258 e. The van der Waals surface area contributed by atoms with Crippen molar-refractivity contribution in [2.24, 2.45) is 0 Å². The van der Waals surface area contributed by atoms with Gasteiger partial charge in [0.15, 0.2) is 0 Å². The number of nitrogens with zero attached hydrogens (tertiary/aromatic N) is 1. The van der Waals surface area contributed by atoms with Crippen LogP contribution in [0.3, 0.4) is 0 Å². The summed E-state index contributed by atoms with van der Waals surface area (Å²) < 4.78 is 5.23. The highest BCUT2D eigenvalue weighted by Gasteiger charge is 2.14. The van der Waals surface area contributed by atoms with Crippen LogP contribution in [0.4, 0.5) is 17.1 Å². The normalized spacial score (nSPS) is 10.1. The van der Waals surface area contributed by atoms with Crippen molar-refractivity contribution in [1.29, 1.82) is 0 Å². The summed E-state index contributed by atoms with van der Waals surface area (Å²) in [6, 6.07) is 23.7. The van der Waals surface area contributed by atoms with Crippen LogP contribution in [0.25, 0.3) is 0 Å². The van der Waals surface area contributed by atoms with Gasteiger partial charge in [-0.2, -0.15) is 0 Å². The van der Waals surface area contributed by atoms with Gasteiger partial charge in [0.2, 0.25) is 5.91 Å². The summed E-state index contributed by atoms with van der Waals surface area (Å²) in [6.07, 6.45) is 0. The SMILES string of the molecule is COc1ccccc1NC(=O)CNc1cccc(C(=O)N(C)c2ccccc2)c1. The van der Waals surface area contributed by atoms with E-state index in [1.807, 2.05) is 48.5 Å². The third-order valence-corrected chi connectivity index (χ3v) is 4.39. The molecule has 0 atom stereocenters. The predicted molar refractivity (Wildman–Crippen MR) is 116 cm³/mol. The minimum Gasteiger partial charge on any atom is -0.495 e. The van der Waals surface area contributed by atoms with Crippen molar-refractivity contribution in [2.45, 2.75) is 0 Å². The van der Waals surface area contributed by atoms with Crippen molar-refractivity contribution in [2.75, 3.05) is 36.2 Å². The zero-order chi connectivity index (χ0) is 20.6. The molecular formula is C23H23N3O3. The van der Waals surface area contributed by atoms with Crippen LogP contribution in [-0.2, 0) is 4.79 Å². The van der Waals surface area contributed by atoms with Gasteiger partial charge in [-0.3, -0.25) is 9.59 Å². The van der Waals surface area contributed by atoms with Crippen molar-refractivity contribution in [3.63, 3.8) is 0 Å². The highest BCUT2D eigenvalue weighted by atomic mass is 16.5. The standard InChI is InChI=1S/C23H23N3O3/c1-26(19-11-4-3-5-12-19)23(28)17-9-8-10-18(15-17)24-16-22(27)25-20-13-6-7-14-21(20)29-2/h3-15,24H,16H2,1-2H3,(H,25,27). The maximum atomic E-state index is 12.8. The van der Waals surface area contributed by atoms with Crippen LogP contribution in [0.2, 0.25) is 0 Å². The third kappa shape index (κ3) is 5.13. The Morgan fingerprint density at radius 3 is 2.41 bits per heavy atom. The predicted octanol–water partition coefficient (Wildman–Crippen LogP) is 4.02. The summed E-state index contributed by atoms with van der Waals surface area (Å²) in [6.45, 7) is 0.0597. The Kier molecular flexibility index (Phi) is 6.47. The van der Waals surface area contributed by atoms with E-state index in [0.29, 0.717) is 22.7 Å². The zero-order valence-corrected chi connectivity index (χ0v) is 16.4. The Morgan fingerprint density at radius 1 is 0.931 bits per heavy atom.